The van der Waals surface area contributed by atoms with Crippen molar-refractivity contribution in [3.8, 4) is 11.3 Å². The molecular weight excluding hydrogens is 412 g/mol. The van der Waals surface area contributed by atoms with E-state index in [0.717, 1.165) is 60.1 Å². The van der Waals surface area contributed by atoms with Crippen LogP contribution >= 0.6 is 0 Å². The van der Waals surface area contributed by atoms with E-state index in [1.54, 1.807) is 0 Å². The second-order valence-electron chi connectivity index (χ2n) is 8.35. The standard InChI is InChI=1S/C25H38N8/c1-6-14-28-32(5)22-11-9-10-21(16-22)23-17-24(26-8-3)33(15-7-2)25(30-23)29-19(4)31-27-18-20-12-13-20/h9-11,14,16-17,20,27H,6-8,12-13,15,18H2,1-5H3,(H,29,30,31)/b26-24?,28-14-. The van der Waals surface area contributed by atoms with Crippen molar-refractivity contribution in [2.45, 2.75) is 59.9 Å². The maximum absolute atomic E-state index is 4.95. The lowest BCUT2D eigenvalue weighted by atomic mass is 10.1. The fourth-order valence-electron chi connectivity index (χ4n) is 3.43. The van der Waals surface area contributed by atoms with Crippen molar-refractivity contribution in [1.29, 1.82) is 0 Å². The molecular formula is C25H38N8. The highest BCUT2D eigenvalue weighted by atomic mass is 15.4. The van der Waals surface area contributed by atoms with Crippen LogP contribution < -0.4 is 21.3 Å². The Morgan fingerprint density at radius 3 is 2.76 bits per heavy atom. The number of anilines is 1. The van der Waals surface area contributed by atoms with Crippen molar-refractivity contribution in [1.82, 2.24) is 20.4 Å². The average molecular weight is 451 g/mol. The van der Waals surface area contributed by atoms with Gasteiger partial charge in [-0.1, -0.05) is 26.0 Å². The molecule has 0 aliphatic heterocycles. The van der Waals surface area contributed by atoms with Gasteiger partial charge >= 0.3 is 0 Å². The summed E-state index contributed by atoms with van der Waals surface area (Å²) in [6.07, 6.45) is 6.39. The molecule has 8 nitrogen and oxygen atoms in total. The van der Waals surface area contributed by atoms with Crippen LogP contribution in [0.5, 0.6) is 0 Å². The normalized spacial score (nSPS) is 14.8. The van der Waals surface area contributed by atoms with Gasteiger partial charge in [-0.2, -0.15) is 10.1 Å². The molecule has 0 atom stereocenters. The highest BCUT2D eigenvalue weighted by Gasteiger charge is 2.20. The van der Waals surface area contributed by atoms with Crippen LogP contribution in [0.1, 0.15) is 53.4 Å². The molecule has 1 fully saturated rings. The Morgan fingerprint density at radius 2 is 2.06 bits per heavy atom. The van der Waals surface area contributed by atoms with Gasteiger partial charge in [0.1, 0.15) is 11.3 Å². The first kappa shape index (κ1) is 24.6. The third-order valence-corrected chi connectivity index (χ3v) is 5.35. The van der Waals surface area contributed by atoms with E-state index < -0.39 is 0 Å². The number of hydrogen-bond acceptors (Lipinski definition) is 6. The first-order valence-corrected chi connectivity index (χ1v) is 12.1. The molecule has 8 heteroatoms. The molecule has 3 rings (SSSR count). The molecule has 2 aromatic rings. The number of aromatic nitrogens is 2. The number of hydrazine groups is 1. The highest BCUT2D eigenvalue weighted by Crippen LogP contribution is 2.27. The van der Waals surface area contributed by atoms with Crippen LogP contribution in [0.2, 0.25) is 0 Å². The first-order chi connectivity index (χ1) is 16.0. The summed E-state index contributed by atoms with van der Waals surface area (Å²) in [5.74, 6) is 2.23. The van der Waals surface area contributed by atoms with Gasteiger partial charge in [0.25, 0.3) is 0 Å². The van der Waals surface area contributed by atoms with E-state index in [9.17, 15) is 0 Å². The average Bonchev–Trinajstić information content (AvgIpc) is 3.64. The minimum absolute atomic E-state index is 0.655. The first-order valence-electron chi connectivity index (χ1n) is 12.1. The number of nitrogens with zero attached hydrogens (tertiary/aromatic N) is 6. The van der Waals surface area contributed by atoms with Crippen molar-refractivity contribution in [3.63, 3.8) is 0 Å². The number of hydrazone groups is 1. The maximum Gasteiger partial charge on any atom is 0.233 e. The van der Waals surface area contributed by atoms with E-state index in [4.69, 9.17) is 15.0 Å². The van der Waals surface area contributed by atoms with Gasteiger partial charge in [-0.05, 0) is 57.6 Å². The molecule has 0 saturated heterocycles. The fraction of sp³-hybridized carbons (Fsp3) is 0.520. The minimum atomic E-state index is 0.655. The predicted octanol–water partition coefficient (Wildman–Crippen LogP) is 4.27. The Balaban J connectivity index is 2.00. The topological polar surface area (TPSA) is 82.2 Å². The number of aliphatic imine (C=N–C) groups is 1. The number of benzene rings is 1. The number of hydrogen-bond donors (Lipinski definition) is 2. The van der Waals surface area contributed by atoms with Crippen LogP contribution in [0.4, 0.5) is 11.6 Å². The Kier molecular flexibility index (Phi) is 9.18. The number of nitrogens with one attached hydrogen (secondary N) is 2. The molecule has 2 N–H and O–H groups in total. The van der Waals surface area contributed by atoms with E-state index >= 15 is 0 Å². The third-order valence-electron chi connectivity index (χ3n) is 5.35. The molecule has 1 aromatic heterocycles. The Bertz CT molecular complexity index is 1030. The fourth-order valence-corrected chi connectivity index (χ4v) is 3.43. The molecule has 178 valence electrons. The van der Waals surface area contributed by atoms with Crippen molar-refractivity contribution >= 4 is 23.7 Å². The SMILES string of the molecule is CC/C=N\N(C)c1cccc(-c2cc(=NCC)n(CCC)c(/N=C(\C)NNCC3CC3)n2)c1. The van der Waals surface area contributed by atoms with Gasteiger partial charge < -0.3 is 5.43 Å². The molecule has 0 radical (unpaired) electrons. The smallest absolute Gasteiger partial charge is 0.233 e. The lowest BCUT2D eigenvalue weighted by Crippen LogP contribution is -2.37. The van der Waals surface area contributed by atoms with Gasteiger partial charge in [0.2, 0.25) is 5.95 Å². The summed E-state index contributed by atoms with van der Waals surface area (Å²) in [5, 5.41) is 6.34. The lowest BCUT2D eigenvalue weighted by Gasteiger charge is -2.16. The van der Waals surface area contributed by atoms with Crippen LogP contribution in [0, 0.1) is 5.92 Å². The van der Waals surface area contributed by atoms with Crippen molar-refractivity contribution in [2.75, 3.05) is 25.1 Å². The molecule has 1 aliphatic carbocycles. The summed E-state index contributed by atoms with van der Waals surface area (Å²) >= 11 is 0. The van der Waals surface area contributed by atoms with Crippen LogP contribution in [0.3, 0.4) is 0 Å². The second kappa shape index (κ2) is 12.3. The number of amidine groups is 1. The van der Waals surface area contributed by atoms with E-state index in [-0.39, 0.29) is 0 Å². The molecule has 1 heterocycles. The predicted molar refractivity (Wildman–Crippen MR) is 138 cm³/mol. The minimum Gasteiger partial charge on any atom is -0.309 e. The summed E-state index contributed by atoms with van der Waals surface area (Å²) in [7, 11) is 1.95. The summed E-state index contributed by atoms with van der Waals surface area (Å²) < 4.78 is 2.10. The van der Waals surface area contributed by atoms with Gasteiger partial charge in [0, 0.05) is 44.5 Å². The number of rotatable bonds is 11. The van der Waals surface area contributed by atoms with Crippen LogP contribution in [-0.2, 0) is 6.54 Å². The van der Waals surface area contributed by atoms with Crippen molar-refractivity contribution < 1.29 is 0 Å². The van der Waals surface area contributed by atoms with Crippen LogP contribution in [-0.4, -0.2) is 41.7 Å². The molecule has 1 saturated carbocycles. The molecule has 0 bridgehead atoms. The summed E-state index contributed by atoms with van der Waals surface area (Å²) in [6.45, 7) is 10.7. The molecule has 1 aromatic carbocycles. The molecule has 0 spiro atoms. The monoisotopic (exact) mass is 450 g/mol. The van der Waals surface area contributed by atoms with Gasteiger partial charge in [0.05, 0.1) is 11.4 Å². The van der Waals surface area contributed by atoms with E-state index in [0.29, 0.717) is 12.5 Å². The zero-order chi connectivity index (χ0) is 23.6. The lowest BCUT2D eigenvalue weighted by molar-refractivity contribution is 0.603. The zero-order valence-corrected chi connectivity index (χ0v) is 20.7. The summed E-state index contributed by atoms with van der Waals surface area (Å²) in [4.78, 5) is 14.5. The van der Waals surface area contributed by atoms with E-state index in [2.05, 4.69) is 59.5 Å². The van der Waals surface area contributed by atoms with E-state index in [1.807, 2.05) is 37.3 Å². The van der Waals surface area contributed by atoms with E-state index in [1.165, 1.54) is 12.8 Å². The summed E-state index contributed by atoms with van der Waals surface area (Å²) in [6, 6.07) is 10.3. The van der Waals surface area contributed by atoms with Crippen LogP contribution in [0.25, 0.3) is 11.3 Å². The van der Waals surface area contributed by atoms with Gasteiger partial charge in [-0.3, -0.25) is 14.6 Å². The van der Waals surface area contributed by atoms with Crippen LogP contribution in [0.15, 0.2) is 45.4 Å². The van der Waals surface area contributed by atoms with Crippen molar-refractivity contribution in [3.05, 3.63) is 35.8 Å². The third kappa shape index (κ3) is 7.25. The molecule has 0 amide bonds. The maximum atomic E-state index is 4.95. The summed E-state index contributed by atoms with van der Waals surface area (Å²) in [5.41, 5.74) is 10.3. The largest absolute Gasteiger partial charge is 0.309 e. The molecule has 33 heavy (non-hydrogen) atoms. The van der Waals surface area contributed by atoms with Crippen molar-refractivity contribution in [2.24, 2.45) is 21.0 Å². The highest BCUT2D eigenvalue weighted by molar-refractivity contribution is 5.81. The molecule has 0 unspecified atom stereocenters. The Labute approximate surface area is 197 Å². The van der Waals surface area contributed by atoms with Gasteiger partial charge in [0.15, 0.2) is 0 Å². The molecule has 1 aliphatic rings. The Morgan fingerprint density at radius 1 is 1.24 bits per heavy atom. The Hall–Kier alpha value is -3.00. The second-order valence-corrected chi connectivity index (χ2v) is 8.35. The quantitative estimate of drug-likeness (QED) is 0.304. The zero-order valence-electron chi connectivity index (χ0n) is 20.7. The van der Waals surface area contributed by atoms with Gasteiger partial charge in [-0.25, -0.2) is 10.4 Å². The van der Waals surface area contributed by atoms with Gasteiger partial charge in [-0.15, -0.1) is 0 Å².